The van der Waals surface area contributed by atoms with Crippen LogP contribution in [0.3, 0.4) is 0 Å². The number of carbonyl (C=O) groups is 1. The first-order chi connectivity index (χ1) is 13.9. The lowest BCUT2D eigenvalue weighted by Crippen LogP contribution is -2.32. The number of rotatable bonds is 4. The number of methoxy groups -OCH3 is 1. The molecule has 7 heteroatoms. The fourth-order valence-electron chi connectivity index (χ4n) is 3.55. The molecule has 152 valence electrons. The van der Waals surface area contributed by atoms with Crippen LogP contribution in [-0.4, -0.2) is 25.8 Å². The van der Waals surface area contributed by atoms with Gasteiger partial charge in [0.15, 0.2) is 11.5 Å². The van der Waals surface area contributed by atoms with E-state index in [0.717, 1.165) is 11.1 Å². The van der Waals surface area contributed by atoms with Gasteiger partial charge in [0.05, 0.1) is 31.8 Å². The molecule has 2 heterocycles. The third kappa shape index (κ3) is 3.82. The molecule has 5 nitrogen and oxygen atoms in total. The van der Waals surface area contributed by atoms with Crippen molar-refractivity contribution in [2.45, 2.75) is 31.7 Å². The second-order valence-corrected chi connectivity index (χ2v) is 7.52. The summed E-state index contributed by atoms with van der Waals surface area (Å²) in [6, 6.07) is 9.93. The first kappa shape index (κ1) is 19.7. The molecule has 0 bridgehead atoms. The fraction of sp³-hybridized carbons (Fsp3) is 0.318. The zero-order chi connectivity index (χ0) is 20.6. The average molecular weight is 419 g/mol. The molecule has 0 spiro atoms. The van der Waals surface area contributed by atoms with Gasteiger partial charge in [-0.05, 0) is 36.3 Å². The zero-order valence-electron chi connectivity index (χ0n) is 16.0. The molecule has 2 aliphatic rings. The number of benzene rings is 2. The number of para-hydroxylation sites is 1. The Labute approximate surface area is 173 Å². The maximum Gasteiger partial charge on any atom is 0.308 e. The van der Waals surface area contributed by atoms with Gasteiger partial charge < -0.3 is 18.9 Å². The Bertz CT molecular complexity index is 989. The predicted molar refractivity (Wildman–Crippen MR) is 105 cm³/mol. The van der Waals surface area contributed by atoms with Gasteiger partial charge in [-0.2, -0.15) is 0 Å². The first-order valence-corrected chi connectivity index (χ1v) is 9.62. The number of carbonyl (C=O) groups excluding carboxylic acids is 1. The van der Waals surface area contributed by atoms with E-state index in [0.29, 0.717) is 29.5 Å². The summed E-state index contributed by atoms with van der Waals surface area (Å²) in [6.45, 7) is 1.99. The SMILES string of the molecule is COC(=O)CC1CC=C(c2cccc3c2OC(C)(c2ccc(Cl)cc2F)O3)CO1. The van der Waals surface area contributed by atoms with E-state index >= 15 is 0 Å². The van der Waals surface area contributed by atoms with Crippen LogP contribution in [0.15, 0.2) is 42.5 Å². The quantitative estimate of drug-likeness (QED) is 0.664. The highest BCUT2D eigenvalue weighted by Crippen LogP contribution is 2.48. The van der Waals surface area contributed by atoms with Crippen molar-refractivity contribution in [3.05, 3.63) is 64.4 Å². The molecule has 0 saturated heterocycles. The van der Waals surface area contributed by atoms with Crippen molar-refractivity contribution in [1.29, 1.82) is 0 Å². The van der Waals surface area contributed by atoms with Crippen LogP contribution < -0.4 is 9.47 Å². The lowest BCUT2D eigenvalue weighted by molar-refractivity contribution is -0.143. The van der Waals surface area contributed by atoms with E-state index in [1.165, 1.54) is 13.2 Å². The summed E-state index contributed by atoms with van der Waals surface area (Å²) in [7, 11) is 1.36. The molecular weight excluding hydrogens is 399 g/mol. The minimum Gasteiger partial charge on any atom is -0.469 e. The molecule has 0 fully saturated rings. The van der Waals surface area contributed by atoms with E-state index in [9.17, 15) is 9.18 Å². The normalized spacial score (nSPS) is 22.9. The van der Waals surface area contributed by atoms with Gasteiger partial charge in [0.2, 0.25) is 0 Å². The Balaban J connectivity index is 1.59. The molecule has 0 radical (unpaired) electrons. The van der Waals surface area contributed by atoms with E-state index in [1.807, 2.05) is 18.2 Å². The van der Waals surface area contributed by atoms with Gasteiger partial charge in [-0.15, -0.1) is 0 Å². The minimum atomic E-state index is -1.31. The largest absolute Gasteiger partial charge is 0.469 e. The summed E-state index contributed by atoms with van der Waals surface area (Å²) >= 11 is 5.87. The van der Waals surface area contributed by atoms with Gasteiger partial charge in [-0.3, -0.25) is 4.79 Å². The highest BCUT2D eigenvalue weighted by atomic mass is 35.5. The first-order valence-electron chi connectivity index (χ1n) is 9.24. The van der Waals surface area contributed by atoms with Gasteiger partial charge in [-0.25, -0.2) is 4.39 Å². The van der Waals surface area contributed by atoms with Gasteiger partial charge in [0.1, 0.15) is 5.82 Å². The van der Waals surface area contributed by atoms with Gasteiger partial charge in [-0.1, -0.05) is 29.8 Å². The third-order valence-corrected chi connectivity index (χ3v) is 5.31. The van der Waals surface area contributed by atoms with Crippen molar-refractivity contribution in [3.63, 3.8) is 0 Å². The smallest absolute Gasteiger partial charge is 0.308 e. The Morgan fingerprint density at radius 3 is 2.83 bits per heavy atom. The molecule has 0 aromatic heterocycles. The van der Waals surface area contributed by atoms with Gasteiger partial charge in [0, 0.05) is 17.5 Å². The van der Waals surface area contributed by atoms with Crippen molar-refractivity contribution in [1.82, 2.24) is 0 Å². The number of ether oxygens (including phenoxy) is 4. The summed E-state index contributed by atoms with van der Waals surface area (Å²) in [5.41, 5.74) is 2.00. The Hall–Kier alpha value is -2.57. The summed E-state index contributed by atoms with van der Waals surface area (Å²) in [6.07, 6.45) is 2.60. The van der Waals surface area contributed by atoms with E-state index in [4.69, 9.17) is 30.5 Å². The Morgan fingerprint density at radius 1 is 1.31 bits per heavy atom. The van der Waals surface area contributed by atoms with Gasteiger partial charge >= 0.3 is 5.97 Å². The van der Waals surface area contributed by atoms with Crippen LogP contribution in [0.25, 0.3) is 5.57 Å². The molecule has 2 atom stereocenters. The third-order valence-electron chi connectivity index (χ3n) is 5.07. The van der Waals surface area contributed by atoms with Crippen LogP contribution in [0.2, 0.25) is 5.02 Å². The maximum absolute atomic E-state index is 14.5. The van der Waals surface area contributed by atoms with Crippen molar-refractivity contribution in [3.8, 4) is 11.5 Å². The number of esters is 1. The topological polar surface area (TPSA) is 54.0 Å². The molecule has 0 N–H and O–H groups in total. The van der Waals surface area contributed by atoms with Crippen molar-refractivity contribution >= 4 is 23.1 Å². The molecule has 0 saturated carbocycles. The predicted octanol–water partition coefficient (Wildman–Crippen LogP) is 4.86. The zero-order valence-corrected chi connectivity index (χ0v) is 16.8. The number of halogens is 2. The molecule has 4 rings (SSSR count). The lowest BCUT2D eigenvalue weighted by atomic mass is 9.99. The van der Waals surface area contributed by atoms with E-state index < -0.39 is 11.6 Å². The summed E-state index contributed by atoms with van der Waals surface area (Å²) in [5, 5.41) is 0.303. The highest BCUT2D eigenvalue weighted by Gasteiger charge is 2.42. The molecule has 2 aromatic carbocycles. The van der Waals surface area contributed by atoms with E-state index in [1.54, 1.807) is 25.1 Å². The fourth-order valence-corrected chi connectivity index (χ4v) is 3.71. The molecule has 2 unspecified atom stereocenters. The second kappa shape index (κ2) is 7.69. The molecule has 2 aliphatic heterocycles. The average Bonchev–Trinajstić information content (AvgIpc) is 3.05. The molecule has 0 amide bonds. The van der Waals surface area contributed by atoms with Crippen molar-refractivity contribution in [2.24, 2.45) is 0 Å². The lowest BCUT2D eigenvalue weighted by Gasteiger charge is -2.25. The van der Waals surface area contributed by atoms with Crippen molar-refractivity contribution in [2.75, 3.05) is 13.7 Å². The molecule has 0 aliphatic carbocycles. The summed E-state index contributed by atoms with van der Waals surface area (Å²) < 4.78 is 37.1. The number of hydrogen-bond donors (Lipinski definition) is 0. The van der Waals surface area contributed by atoms with Crippen LogP contribution in [0.1, 0.15) is 30.9 Å². The van der Waals surface area contributed by atoms with E-state index in [2.05, 4.69) is 0 Å². The second-order valence-electron chi connectivity index (χ2n) is 7.09. The van der Waals surface area contributed by atoms with Crippen LogP contribution >= 0.6 is 11.6 Å². The van der Waals surface area contributed by atoms with Crippen LogP contribution in [0.4, 0.5) is 4.39 Å². The van der Waals surface area contributed by atoms with E-state index in [-0.39, 0.29) is 24.1 Å². The van der Waals surface area contributed by atoms with Crippen LogP contribution in [0.5, 0.6) is 11.5 Å². The monoisotopic (exact) mass is 418 g/mol. The highest BCUT2D eigenvalue weighted by molar-refractivity contribution is 6.30. The molecule has 2 aromatic rings. The molecule has 29 heavy (non-hydrogen) atoms. The number of hydrogen-bond acceptors (Lipinski definition) is 5. The van der Waals surface area contributed by atoms with Crippen LogP contribution in [-0.2, 0) is 20.1 Å². The van der Waals surface area contributed by atoms with Crippen LogP contribution in [0, 0.1) is 5.82 Å². The number of fused-ring (bicyclic) bond motifs is 1. The standard InChI is InChI=1S/C22H20ClFO5/c1-22(17-9-7-14(23)10-18(17)24)28-19-5-3-4-16(21(19)29-22)13-6-8-15(27-12-13)11-20(25)26-2/h3-7,9-10,15H,8,11-12H2,1-2H3. The summed E-state index contributed by atoms with van der Waals surface area (Å²) in [4.78, 5) is 11.4. The minimum absolute atomic E-state index is 0.209. The van der Waals surface area contributed by atoms with Gasteiger partial charge in [0.25, 0.3) is 5.79 Å². The Kier molecular flexibility index (Phi) is 5.23. The Morgan fingerprint density at radius 2 is 2.14 bits per heavy atom. The maximum atomic E-state index is 14.5. The van der Waals surface area contributed by atoms with Crippen molar-refractivity contribution < 1.29 is 28.1 Å². The molecular formula is C22H20ClFO5. The summed E-state index contributed by atoms with van der Waals surface area (Å²) in [5.74, 6) is -1.05.